The summed E-state index contributed by atoms with van der Waals surface area (Å²) in [5, 5.41) is 7.51. The van der Waals surface area contributed by atoms with Crippen LogP contribution in [0.3, 0.4) is 0 Å². The normalized spacial score (nSPS) is 15.9. The number of amides is 2. The van der Waals surface area contributed by atoms with E-state index in [1.54, 1.807) is 6.92 Å². The third kappa shape index (κ3) is 7.92. The number of hydrogen-bond donors (Lipinski definition) is 1. The van der Waals surface area contributed by atoms with Gasteiger partial charge in [-0.1, -0.05) is 33.1 Å². The average molecular weight is 482 g/mol. The fraction of sp³-hybridized carbons (Fsp3) is 0.607. The molecule has 0 saturated heterocycles. The van der Waals surface area contributed by atoms with Gasteiger partial charge >= 0.3 is 0 Å². The summed E-state index contributed by atoms with van der Waals surface area (Å²) in [5.74, 6) is 0.516. The number of nitrogens with one attached hydrogen (secondary N) is 1. The molecule has 0 unspecified atom stereocenters. The number of benzene rings is 1. The summed E-state index contributed by atoms with van der Waals surface area (Å²) in [7, 11) is 0. The molecule has 2 heterocycles. The molecule has 1 N–H and O–H groups in total. The van der Waals surface area contributed by atoms with Gasteiger partial charge in [-0.2, -0.15) is 5.10 Å². The molecule has 2 aromatic rings. The van der Waals surface area contributed by atoms with E-state index in [2.05, 4.69) is 29.2 Å². The molecule has 1 aromatic heterocycles. The third-order valence-electron chi connectivity index (χ3n) is 6.60. The topological polar surface area (TPSA) is 70.5 Å². The van der Waals surface area contributed by atoms with Gasteiger partial charge in [0.15, 0.2) is 0 Å². The van der Waals surface area contributed by atoms with Gasteiger partial charge in [0.05, 0.1) is 12.2 Å². The van der Waals surface area contributed by atoms with Crippen LogP contribution < -0.4 is 10.2 Å². The fourth-order valence-electron chi connectivity index (χ4n) is 4.97. The number of carbonyl (C=O) groups is 2. The molecule has 0 radical (unpaired) electrons. The number of nitrogens with zero attached hydrogens (tertiary/aromatic N) is 4. The summed E-state index contributed by atoms with van der Waals surface area (Å²) < 4.78 is 1.92. The van der Waals surface area contributed by atoms with Gasteiger partial charge in [-0.05, 0) is 69.0 Å². The van der Waals surface area contributed by atoms with Crippen LogP contribution in [0, 0.1) is 19.8 Å². The molecule has 0 spiro atoms. The van der Waals surface area contributed by atoms with Crippen molar-refractivity contribution in [3.63, 3.8) is 0 Å². The third-order valence-corrected chi connectivity index (χ3v) is 6.60. The number of hydrogen-bond acceptors (Lipinski definition) is 4. The SMILES string of the molecule is CC(=O)N1CCCCCCCN(CC(C)C)Cc2cc(C(=O)NCCn3nc(C)cc3C)ccc21. The van der Waals surface area contributed by atoms with E-state index in [9.17, 15) is 9.59 Å². The Bertz CT molecular complexity index is 997. The molecular formula is C28H43N5O2. The number of anilines is 1. The van der Waals surface area contributed by atoms with E-state index in [-0.39, 0.29) is 11.8 Å². The molecule has 0 bridgehead atoms. The minimum Gasteiger partial charge on any atom is -0.350 e. The predicted octanol–water partition coefficient (Wildman–Crippen LogP) is 4.70. The highest BCUT2D eigenvalue weighted by molar-refractivity contribution is 5.97. The summed E-state index contributed by atoms with van der Waals surface area (Å²) >= 11 is 0. The van der Waals surface area contributed by atoms with Crippen LogP contribution in [0.15, 0.2) is 24.3 Å². The second-order valence-electron chi connectivity index (χ2n) is 10.3. The van der Waals surface area contributed by atoms with Crippen molar-refractivity contribution >= 4 is 17.5 Å². The Morgan fingerprint density at radius 1 is 1.03 bits per heavy atom. The van der Waals surface area contributed by atoms with Gasteiger partial charge in [0, 0.05) is 50.0 Å². The van der Waals surface area contributed by atoms with Gasteiger partial charge in [0.2, 0.25) is 5.91 Å². The first-order valence-electron chi connectivity index (χ1n) is 13.2. The van der Waals surface area contributed by atoms with Crippen LogP contribution >= 0.6 is 0 Å². The highest BCUT2D eigenvalue weighted by Gasteiger charge is 2.20. The molecule has 2 amide bonds. The van der Waals surface area contributed by atoms with E-state index >= 15 is 0 Å². The van der Waals surface area contributed by atoms with Crippen LogP contribution in [0.4, 0.5) is 5.69 Å². The van der Waals surface area contributed by atoms with E-state index in [0.717, 1.165) is 61.7 Å². The van der Waals surface area contributed by atoms with Crippen molar-refractivity contribution in [2.75, 3.05) is 31.1 Å². The quantitative estimate of drug-likeness (QED) is 0.649. The van der Waals surface area contributed by atoms with Crippen molar-refractivity contribution in [1.29, 1.82) is 0 Å². The fourth-order valence-corrected chi connectivity index (χ4v) is 4.97. The van der Waals surface area contributed by atoms with Crippen LogP contribution in [0.25, 0.3) is 0 Å². The average Bonchev–Trinajstić information content (AvgIpc) is 3.11. The molecule has 35 heavy (non-hydrogen) atoms. The van der Waals surface area contributed by atoms with Crippen LogP contribution in [0.5, 0.6) is 0 Å². The Hall–Kier alpha value is -2.67. The van der Waals surface area contributed by atoms with Gasteiger partial charge in [0.25, 0.3) is 5.91 Å². The highest BCUT2D eigenvalue weighted by atomic mass is 16.2. The first kappa shape index (κ1) is 26.9. The molecule has 192 valence electrons. The van der Waals surface area contributed by atoms with Gasteiger partial charge < -0.3 is 10.2 Å². The Balaban J connectivity index is 1.82. The molecular weight excluding hydrogens is 438 g/mol. The van der Waals surface area contributed by atoms with Gasteiger partial charge in [-0.15, -0.1) is 0 Å². The van der Waals surface area contributed by atoms with Crippen molar-refractivity contribution in [3.05, 3.63) is 46.8 Å². The molecule has 0 atom stereocenters. The van der Waals surface area contributed by atoms with Crippen LogP contribution in [0.2, 0.25) is 0 Å². The molecule has 7 nitrogen and oxygen atoms in total. The molecule has 3 rings (SSSR count). The van der Waals surface area contributed by atoms with Crippen molar-refractivity contribution in [3.8, 4) is 0 Å². The van der Waals surface area contributed by atoms with Crippen molar-refractivity contribution in [2.45, 2.75) is 79.8 Å². The first-order valence-corrected chi connectivity index (χ1v) is 13.2. The zero-order valence-corrected chi connectivity index (χ0v) is 22.3. The van der Waals surface area contributed by atoms with Gasteiger partial charge in [-0.25, -0.2) is 0 Å². The summed E-state index contributed by atoms with van der Waals surface area (Å²) in [5.41, 5.74) is 4.69. The molecule has 1 aromatic carbocycles. The molecule has 7 heteroatoms. The molecule has 1 aliphatic heterocycles. The number of carbonyl (C=O) groups excluding carboxylic acids is 2. The standard InChI is InChI=1S/C28H43N5O2/c1-21(2)19-31-14-9-7-6-8-10-15-32(24(5)34)27-12-11-25(18-26(27)20-31)28(35)29-13-16-33-23(4)17-22(3)30-33/h11-12,17-18,21H,6-10,13-16,19-20H2,1-5H3,(H,29,35). The molecule has 0 aliphatic carbocycles. The Morgan fingerprint density at radius 2 is 1.74 bits per heavy atom. The highest BCUT2D eigenvalue weighted by Crippen LogP contribution is 2.26. The maximum atomic E-state index is 13.0. The maximum Gasteiger partial charge on any atom is 0.251 e. The summed E-state index contributed by atoms with van der Waals surface area (Å²) in [6, 6.07) is 7.84. The first-order chi connectivity index (χ1) is 16.7. The minimum atomic E-state index is -0.0924. The lowest BCUT2D eigenvalue weighted by atomic mass is 10.0. The predicted molar refractivity (Wildman–Crippen MR) is 142 cm³/mol. The Kier molecular flexibility index (Phi) is 9.90. The van der Waals surface area contributed by atoms with Crippen molar-refractivity contribution in [1.82, 2.24) is 20.0 Å². The second kappa shape index (κ2) is 12.9. The van der Waals surface area contributed by atoms with E-state index in [1.807, 2.05) is 47.7 Å². The summed E-state index contributed by atoms with van der Waals surface area (Å²) in [6.45, 7) is 14.8. The van der Waals surface area contributed by atoms with Gasteiger partial charge in [0.1, 0.15) is 0 Å². The molecule has 0 saturated carbocycles. The smallest absolute Gasteiger partial charge is 0.251 e. The van der Waals surface area contributed by atoms with E-state index in [4.69, 9.17) is 0 Å². The molecule has 1 aliphatic rings. The van der Waals surface area contributed by atoms with Crippen LogP contribution in [0.1, 0.15) is 80.2 Å². The summed E-state index contributed by atoms with van der Waals surface area (Å²) in [4.78, 5) is 30.0. The lowest BCUT2D eigenvalue weighted by Crippen LogP contribution is -2.34. The number of rotatable bonds is 6. The number of aryl methyl sites for hydroxylation is 2. The van der Waals surface area contributed by atoms with Crippen molar-refractivity contribution in [2.24, 2.45) is 5.92 Å². The van der Waals surface area contributed by atoms with Crippen LogP contribution in [-0.2, 0) is 17.9 Å². The largest absolute Gasteiger partial charge is 0.350 e. The zero-order valence-electron chi connectivity index (χ0n) is 22.3. The number of aromatic nitrogens is 2. The summed E-state index contributed by atoms with van der Waals surface area (Å²) in [6.07, 6.45) is 5.76. The Labute approximate surface area is 210 Å². The Morgan fingerprint density at radius 3 is 2.40 bits per heavy atom. The zero-order chi connectivity index (χ0) is 25.4. The maximum absolute atomic E-state index is 13.0. The van der Waals surface area contributed by atoms with Crippen molar-refractivity contribution < 1.29 is 9.59 Å². The molecule has 0 fully saturated rings. The second-order valence-corrected chi connectivity index (χ2v) is 10.3. The number of fused-ring (bicyclic) bond motifs is 1. The van der Waals surface area contributed by atoms with Gasteiger partial charge in [-0.3, -0.25) is 19.2 Å². The van der Waals surface area contributed by atoms with Crippen LogP contribution in [-0.4, -0.2) is 52.7 Å². The monoisotopic (exact) mass is 481 g/mol. The minimum absolute atomic E-state index is 0.0563. The van der Waals surface area contributed by atoms with E-state index in [1.165, 1.54) is 19.3 Å². The lowest BCUT2D eigenvalue weighted by molar-refractivity contribution is -0.116. The van der Waals surface area contributed by atoms with E-state index < -0.39 is 0 Å². The lowest BCUT2D eigenvalue weighted by Gasteiger charge is -2.30. The van der Waals surface area contributed by atoms with E-state index in [0.29, 0.717) is 24.6 Å².